The van der Waals surface area contributed by atoms with E-state index in [4.69, 9.17) is 5.11 Å². The molecule has 4 nitrogen and oxygen atoms in total. The van der Waals surface area contributed by atoms with E-state index in [-0.39, 0.29) is 6.17 Å². The standard InChI is InChI=1S/C10H14N2O2S/c1-11-5-6-12(2)9(11)7-3-4-8(15-7)10(13)14/h3-4,9H,5-6H2,1-2H3,(H,13,14). The minimum absolute atomic E-state index is 0.239. The maximum Gasteiger partial charge on any atom is 0.345 e. The van der Waals surface area contributed by atoms with Gasteiger partial charge in [-0.1, -0.05) is 0 Å². The first-order valence-electron chi connectivity index (χ1n) is 4.83. The molecular weight excluding hydrogens is 212 g/mol. The van der Waals surface area contributed by atoms with Crippen molar-refractivity contribution in [1.82, 2.24) is 9.80 Å². The van der Waals surface area contributed by atoms with E-state index >= 15 is 0 Å². The minimum atomic E-state index is -0.838. The lowest BCUT2D eigenvalue weighted by molar-refractivity contribution is 0.0702. The van der Waals surface area contributed by atoms with Gasteiger partial charge in [-0.3, -0.25) is 9.80 Å². The second-order valence-electron chi connectivity index (χ2n) is 3.84. The third-order valence-electron chi connectivity index (χ3n) is 2.73. The lowest BCUT2D eigenvalue weighted by atomic mass is 10.3. The molecule has 0 radical (unpaired) electrons. The molecule has 0 bridgehead atoms. The second-order valence-corrected chi connectivity index (χ2v) is 4.96. The smallest absolute Gasteiger partial charge is 0.345 e. The molecule has 82 valence electrons. The first-order chi connectivity index (χ1) is 7.09. The molecule has 1 aliphatic heterocycles. The Hall–Kier alpha value is -0.910. The summed E-state index contributed by atoms with van der Waals surface area (Å²) in [7, 11) is 4.13. The minimum Gasteiger partial charge on any atom is -0.477 e. The summed E-state index contributed by atoms with van der Waals surface area (Å²) in [5.41, 5.74) is 0. The van der Waals surface area contributed by atoms with Crippen LogP contribution in [0, 0.1) is 0 Å². The van der Waals surface area contributed by atoms with Gasteiger partial charge in [-0.25, -0.2) is 4.79 Å². The zero-order valence-electron chi connectivity index (χ0n) is 8.80. The van der Waals surface area contributed by atoms with Gasteiger partial charge >= 0.3 is 5.97 Å². The fourth-order valence-corrected chi connectivity index (χ4v) is 3.02. The summed E-state index contributed by atoms with van der Waals surface area (Å²) in [5.74, 6) is -0.838. The average molecular weight is 226 g/mol. The highest BCUT2D eigenvalue weighted by Crippen LogP contribution is 2.32. The lowest BCUT2D eigenvalue weighted by Crippen LogP contribution is -2.24. The number of carbonyl (C=O) groups is 1. The summed E-state index contributed by atoms with van der Waals surface area (Å²) < 4.78 is 0. The van der Waals surface area contributed by atoms with Gasteiger partial charge in [-0.05, 0) is 26.2 Å². The highest BCUT2D eigenvalue weighted by molar-refractivity contribution is 7.14. The highest BCUT2D eigenvalue weighted by atomic mass is 32.1. The van der Waals surface area contributed by atoms with Crippen molar-refractivity contribution >= 4 is 17.3 Å². The van der Waals surface area contributed by atoms with E-state index in [1.54, 1.807) is 6.07 Å². The van der Waals surface area contributed by atoms with Crippen molar-refractivity contribution < 1.29 is 9.90 Å². The summed E-state index contributed by atoms with van der Waals surface area (Å²) in [6.45, 7) is 2.06. The molecule has 0 saturated carbocycles. The number of hydrogen-bond donors (Lipinski definition) is 1. The number of carboxylic acid groups (broad SMARTS) is 1. The Morgan fingerprint density at radius 3 is 2.47 bits per heavy atom. The molecule has 5 heteroatoms. The Kier molecular flexibility index (Phi) is 2.77. The van der Waals surface area contributed by atoms with Crippen LogP contribution in [-0.4, -0.2) is 48.1 Å². The number of aromatic carboxylic acids is 1. The number of thiophene rings is 1. The zero-order chi connectivity index (χ0) is 11.0. The summed E-state index contributed by atoms with van der Waals surface area (Å²) in [6, 6.07) is 3.60. The first kappa shape index (κ1) is 10.6. The molecule has 1 fully saturated rings. The van der Waals surface area contributed by atoms with Crippen LogP contribution in [-0.2, 0) is 0 Å². The fourth-order valence-electron chi connectivity index (χ4n) is 1.94. The SMILES string of the molecule is CN1CCN(C)C1c1ccc(C(=O)O)s1. The van der Waals surface area contributed by atoms with Crippen LogP contribution in [0.3, 0.4) is 0 Å². The third-order valence-corrected chi connectivity index (χ3v) is 3.85. The van der Waals surface area contributed by atoms with Crippen molar-refractivity contribution in [2.45, 2.75) is 6.17 Å². The molecule has 2 rings (SSSR count). The van der Waals surface area contributed by atoms with E-state index in [2.05, 4.69) is 23.9 Å². The van der Waals surface area contributed by atoms with E-state index < -0.39 is 5.97 Å². The number of likely N-dealkylation sites (N-methyl/N-ethyl adjacent to an activating group) is 2. The molecule has 2 heterocycles. The van der Waals surface area contributed by atoms with E-state index in [0.29, 0.717) is 4.88 Å². The van der Waals surface area contributed by atoms with Gasteiger partial charge in [0.2, 0.25) is 0 Å². The van der Waals surface area contributed by atoms with Crippen molar-refractivity contribution in [3.8, 4) is 0 Å². The van der Waals surface area contributed by atoms with Crippen molar-refractivity contribution in [2.75, 3.05) is 27.2 Å². The van der Waals surface area contributed by atoms with Crippen LogP contribution in [0.4, 0.5) is 0 Å². The van der Waals surface area contributed by atoms with Crippen molar-refractivity contribution in [3.05, 3.63) is 21.9 Å². The Morgan fingerprint density at radius 1 is 1.40 bits per heavy atom. The highest BCUT2D eigenvalue weighted by Gasteiger charge is 2.29. The molecule has 0 atom stereocenters. The Balaban J connectivity index is 2.25. The number of nitrogens with zero attached hydrogens (tertiary/aromatic N) is 2. The maximum atomic E-state index is 10.8. The van der Waals surface area contributed by atoms with E-state index in [1.165, 1.54) is 11.3 Å². The molecule has 1 aliphatic rings. The molecule has 0 aliphatic carbocycles. The molecule has 0 spiro atoms. The van der Waals surface area contributed by atoms with Crippen LogP contribution in [0.2, 0.25) is 0 Å². The van der Waals surface area contributed by atoms with Gasteiger partial charge in [0, 0.05) is 18.0 Å². The van der Waals surface area contributed by atoms with Gasteiger partial charge in [0.15, 0.2) is 0 Å². The van der Waals surface area contributed by atoms with Crippen LogP contribution in [0.1, 0.15) is 20.7 Å². The zero-order valence-corrected chi connectivity index (χ0v) is 9.62. The largest absolute Gasteiger partial charge is 0.477 e. The fraction of sp³-hybridized carbons (Fsp3) is 0.500. The van der Waals surface area contributed by atoms with Gasteiger partial charge in [0.05, 0.1) is 6.17 Å². The number of carboxylic acids is 1. The Labute approximate surface area is 92.7 Å². The molecule has 1 N–H and O–H groups in total. The van der Waals surface area contributed by atoms with Crippen molar-refractivity contribution in [3.63, 3.8) is 0 Å². The van der Waals surface area contributed by atoms with E-state index in [1.807, 2.05) is 6.07 Å². The Bertz CT molecular complexity index is 367. The predicted molar refractivity (Wildman–Crippen MR) is 59.3 cm³/mol. The third kappa shape index (κ3) is 1.90. The summed E-state index contributed by atoms with van der Waals surface area (Å²) in [5, 5.41) is 8.86. The molecule has 1 aromatic heterocycles. The van der Waals surface area contributed by atoms with Gasteiger partial charge in [-0.2, -0.15) is 0 Å². The molecule has 0 amide bonds. The molecule has 1 aromatic rings. The quantitative estimate of drug-likeness (QED) is 0.826. The second kappa shape index (κ2) is 3.92. The number of hydrogen-bond acceptors (Lipinski definition) is 4. The molecule has 0 aromatic carbocycles. The monoisotopic (exact) mass is 226 g/mol. The topological polar surface area (TPSA) is 43.8 Å². The molecule has 1 saturated heterocycles. The van der Waals surface area contributed by atoms with Gasteiger partial charge in [0.25, 0.3) is 0 Å². The van der Waals surface area contributed by atoms with Crippen molar-refractivity contribution in [1.29, 1.82) is 0 Å². The van der Waals surface area contributed by atoms with Crippen molar-refractivity contribution in [2.24, 2.45) is 0 Å². The molecular formula is C10H14N2O2S. The van der Waals surface area contributed by atoms with Crippen LogP contribution in [0.15, 0.2) is 12.1 Å². The van der Waals surface area contributed by atoms with Crippen LogP contribution >= 0.6 is 11.3 Å². The van der Waals surface area contributed by atoms with E-state index in [0.717, 1.165) is 18.0 Å². The molecule has 0 unspecified atom stereocenters. The van der Waals surface area contributed by atoms with Gasteiger partial charge in [0.1, 0.15) is 4.88 Å². The van der Waals surface area contributed by atoms with Gasteiger partial charge < -0.3 is 5.11 Å². The van der Waals surface area contributed by atoms with Crippen LogP contribution in [0.5, 0.6) is 0 Å². The van der Waals surface area contributed by atoms with Crippen LogP contribution in [0.25, 0.3) is 0 Å². The summed E-state index contributed by atoms with van der Waals surface area (Å²) >= 11 is 1.36. The summed E-state index contributed by atoms with van der Waals surface area (Å²) in [4.78, 5) is 16.8. The van der Waals surface area contributed by atoms with Crippen LogP contribution < -0.4 is 0 Å². The average Bonchev–Trinajstić information content (AvgIpc) is 2.73. The predicted octanol–water partition coefficient (Wildman–Crippen LogP) is 1.32. The number of rotatable bonds is 2. The van der Waals surface area contributed by atoms with E-state index in [9.17, 15) is 4.79 Å². The van der Waals surface area contributed by atoms with Gasteiger partial charge in [-0.15, -0.1) is 11.3 Å². The Morgan fingerprint density at radius 2 is 2.00 bits per heavy atom. The molecule has 15 heavy (non-hydrogen) atoms. The maximum absolute atomic E-state index is 10.8. The summed E-state index contributed by atoms with van der Waals surface area (Å²) in [6.07, 6.45) is 0.239. The normalized spacial score (nSPS) is 19.9. The lowest BCUT2D eigenvalue weighted by Gasteiger charge is -2.23. The first-order valence-corrected chi connectivity index (χ1v) is 5.65.